The molecule has 3 rings (SSSR count). The second-order valence-electron chi connectivity index (χ2n) is 6.58. The highest BCUT2D eigenvalue weighted by atomic mass is 32.2. The lowest BCUT2D eigenvalue weighted by Gasteiger charge is -2.25. The van der Waals surface area contributed by atoms with E-state index in [1.807, 2.05) is 0 Å². The molecule has 25 heavy (non-hydrogen) atoms. The minimum Gasteiger partial charge on any atom is -0.379 e. The molecular formula is C17H28N4O3S. The third kappa shape index (κ3) is 5.13. The predicted octanol–water partition coefficient (Wildman–Crippen LogP) is 1.39. The molecule has 0 atom stereocenters. The highest BCUT2D eigenvalue weighted by Crippen LogP contribution is 2.17. The van der Waals surface area contributed by atoms with Gasteiger partial charge in [-0.15, -0.1) is 0 Å². The fourth-order valence-corrected chi connectivity index (χ4v) is 4.63. The molecule has 0 bridgehead atoms. The zero-order valence-corrected chi connectivity index (χ0v) is 15.5. The first kappa shape index (κ1) is 18.6. The molecule has 0 amide bonds. The summed E-state index contributed by atoms with van der Waals surface area (Å²) in [6, 6.07) is 3.38. The number of pyridine rings is 1. The van der Waals surface area contributed by atoms with Crippen LogP contribution in [0.25, 0.3) is 0 Å². The topological polar surface area (TPSA) is 74.8 Å². The lowest BCUT2D eigenvalue weighted by Crippen LogP contribution is -2.40. The van der Waals surface area contributed by atoms with Crippen molar-refractivity contribution >= 4 is 15.8 Å². The summed E-state index contributed by atoms with van der Waals surface area (Å²) in [5.41, 5.74) is 0. The molecule has 3 heterocycles. The van der Waals surface area contributed by atoms with Gasteiger partial charge >= 0.3 is 0 Å². The van der Waals surface area contributed by atoms with Crippen LogP contribution in [0.3, 0.4) is 0 Å². The summed E-state index contributed by atoms with van der Waals surface area (Å²) in [5.74, 6) is 0.718. The van der Waals surface area contributed by atoms with Crippen molar-refractivity contribution in [1.29, 1.82) is 0 Å². The molecule has 0 aromatic carbocycles. The van der Waals surface area contributed by atoms with Gasteiger partial charge in [0.15, 0.2) is 0 Å². The first-order valence-corrected chi connectivity index (χ1v) is 10.6. The van der Waals surface area contributed by atoms with Crippen molar-refractivity contribution in [3.8, 4) is 0 Å². The Hall–Kier alpha value is -1.22. The third-order valence-corrected chi connectivity index (χ3v) is 6.66. The molecule has 8 heteroatoms. The predicted molar refractivity (Wildman–Crippen MR) is 97.2 cm³/mol. The molecule has 0 radical (unpaired) electrons. The Morgan fingerprint density at radius 2 is 1.76 bits per heavy atom. The van der Waals surface area contributed by atoms with Crippen LogP contribution in [-0.2, 0) is 14.8 Å². The summed E-state index contributed by atoms with van der Waals surface area (Å²) in [4.78, 5) is 7.00. The van der Waals surface area contributed by atoms with Crippen molar-refractivity contribution in [2.24, 2.45) is 0 Å². The SMILES string of the molecule is O=S(=O)(c1ccc(NCCN2CCCCCC2)nc1)N1CCOCC1. The van der Waals surface area contributed by atoms with Crippen molar-refractivity contribution in [3.63, 3.8) is 0 Å². The number of likely N-dealkylation sites (tertiary alicyclic amines) is 1. The Kier molecular flexibility index (Phi) is 6.63. The van der Waals surface area contributed by atoms with Crippen molar-refractivity contribution in [3.05, 3.63) is 18.3 Å². The smallest absolute Gasteiger partial charge is 0.244 e. The number of hydrogen-bond donors (Lipinski definition) is 1. The second kappa shape index (κ2) is 8.93. The third-order valence-electron chi connectivity index (χ3n) is 4.78. The van der Waals surface area contributed by atoms with Gasteiger partial charge in [0.1, 0.15) is 10.7 Å². The number of ether oxygens (including phenoxy) is 1. The maximum absolute atomic E-state index is 12.6. The van der Waals surface area contributed by atoms with Crippen molar-refractivity contribution in [2.45, 2.75) is 30.6 Å². The van der Waals surface area contributed by atoms with E-state index in [1.165, 1.54) is 49.3 Å². The number of hydrogen-bond acceptors (Lipinski definition) is 6. The van der Waals surface area contributed by atoms with Crippen LogP contribution in [0.4, 0.5) is 5.82 Å². The minimum atomic E-state index is -3.47. The summed E-state index contributed by atoms with van der Waals surface area (Å²) >= 11 is 0. The summed E-state index contributed by atoms with van der Waals surface area (Å²) in [5, 5.41) is 3.29. The maximum atomic E-state index is 12.6. The Labute approximate surface area is 150 Å². The van der Waals surface area contributed by atoms with Gasteiger partial charge in [-0.25, -0.2) is 13.4 Å². The Morgan fingerprint density at radius 3 is 2.40 bits per heavy atom. The van der Waals surface area contributed by atoms with Crippen LogP contribution in [0, 0.1) is 0 Å². The number of rotatable bonds is 6. The fraction of sp³-hybridized carbons (Fsp3) is 0.706. The number of morpholine rings is 1. The zero-order chi connectivity index (χ0) is 17.5. The summed E-state index contributed by atoms with van der Waals surface area (Å²) < 4.78 is 31.8. The molecule has 140 valence electrons. The van der Waals surface area contributed by atoms with Gasteiger partial charge in [0.2, 0.25) is 10.0 Å². The van der Waals surface area contributed by atoms with Gasteiger partial charge in [0.05, 0.1) is 13.2 Å². The van der Waals surface area contributed by atoms with Crippen LogP contribution in [-0.4, -0.2) is 75.1 Å². The number of anilines is 1. The molecule has 0 spiro atoms. The molecule has 2 saturated heterocycles. The summed E-state index contributed by atoms with van der Waals surface area (Å²) in [6.45, 7) is 5.86. The molecule has 0 aliphatic carbocycles. The lowest BCUT2D eigenvalue weighted by molar-refractivity contribution is 0.0730. The van der Waals surface area contributed by atoms with Crippen molar-refractivity contribution < 1.29 is 13.2 Å². The van der Waals surface area contributed by atoms with E-state index < -0.39 is 10.0 Å². The first-order valence-electron chi connectivity index (χ1n) is 9.16. The Bertz CT molecular complexity index is 622. The normalized spacial score (nSPS) is 21.0. The van der Waals surface area contributed by atoms with Crippen molar-refractivity contribution in [2.75, 3.05) is 57.8 Å². The van der Waals surface area contributed by atoms with E-state index in [4.69, 9.17) is 4.74 Å². The quantitative estimate of drug-likeness (QED) is 0.818. The Morgan fingerprint density at radius 1 is 1.04 bits per heavy atom. The minimum absolute atomic E-state index is 0.243. The van der Waals surface area contributed by atoms with Crippen LogP contribution < -0.4 is 5.32 Å². The van der Waals surface area contributed by atoms with E-state index in [2.05, 4.69) is 15.2 Å². The van der Waals surface area contributed by atoms with Crippen molar-refractivity contribution in [1.82, 2.24) is 14.2 Å². The largest absolute Gasteiger partial charge is 0.379 e. The van der Waals surface area contributed by atoms with Gasteiger partial charge in [-0.3, -0.25) is 0 Å². The molecule has 1 N–H and O–H groups in total. The first-order chi connectivity index (χ1) is 12.2. The van der Waals surface area contributed by atoms with Gasteiger partial charge < -0.3 is 15.0 Å². The molecule has 1 aromatic rings. The maximum Gasteiger partial charge on any atom is 0.244 e. The monoisotopic (exact) mass is 368 g/mol. The standard InChI is InChI=1S/C17H28N4O3S/c22-25(23,21-11-13-24-14-12-21)16-5-6-17(19-15-16)18-7-10-20-8-3-1-2-4-9-20/h5-6,15H,1-4,7-14H2,(H,18,19). The van der Waals surface area contributed by atoms with E-state index >= 15 is 0 Å². The van der Waals surface area contributed by atoms with Gasteiger partial charge in [-0.05, 0) is 38.1 Å². The molecule has 0 saturated carbocycles. The highest BCUT2D eigenvalue weighted by molar-refractivity contribution is 7.89. The highest BCUT2D eigenvalue weighted by Gasteiger charge is 2.26. The summed E-state index contributed by atoms with van der Waals surface area (Å²) in [6.07, 6.45) is 6.69. The van der Waals surface area contributed by atoms with E-state index in [0.29, 0.717) is 26.3 Å². The average Bonchev–Trinajstić information content (AvgIpc) is 2.92. The molecule has 2 fully saturated rings. The van der Waals surface area contributed by atoms with Gasteiger partial charge in [-0.1, -0.05) is 12.8 Å². The number of sulfonamides is 1. The molecule has 7 nitrogen and oxygen atoms in total. The van der Waals surface area contributed by atoms with Crippen LogP contribution in [0.5, 0.6) is 0 Å². The second-order valence-corrected chi connectivity index (χ2v) is 8.52. The van der Waals surface area contributed by atoms with Gasteiger partial charge in [0.25, 0.3) is 0 Å². The van der Waals surface area contributed by atoms with Crippen LogP contribution in [0.15, 0.2) is 23.2 Å². The molecular weight excluding hydrogens is 340 g/mol. The molecule has 1 aromatic heterocycles. The van der Waals surface area contributed by atoms with E-state index in [-0.39, 0.29) is 4.90 Å². The lowest BCUT2D eigenvalue weighted by atomic mass is 10.2. The fourth-order valence-electron chi connectivity index (χ4n) is 3.28. The van der Waals surface area contributed by atoms with Gasteiger partial charge in [0, 0.05) is 32.4 Å². The van der Waals surface area contributed by atoms with Crippen LogP contribution in [0.2, 0.25) is 0 Å². The van der Waals surface area contributed by atoms with Gasteiger partial charge in [-0.2, -0.15) is 4.31 Å². The Balaban J connectivity index is 1.51. The molecule has 2 aliphatic heterocycles. The molecule has 2 aliphatic rings. The van der Waals surface area contributed by atoms with E-state index in [1.54, 1.807) is 12.1 Å². The van der Waals surface area contributed by atoms with E-state index in [9.17, 15) is 8.42 Å². The van der Waals surface area contributed by atoms with E-state index in [0.717, 1.165) is 18.9 Å². The molecule has 0 unspecified atom stereocenters. The average molecular weight is 369 g/mol. The zero-order valence-electron chi connectivity index (χ0n) is 14.7. The number of aromatic nitrogens is 1. The number of nitrogens with zero attached hydrogens (tertiary/aromatic N) is 3. The van der Waals surface area contributed by atoms with Crippen LogP contribution in [0.1, 0.15) is 25.7 Å². The summed E-state index contributed by atoms with van der Waals surface area (Å²) in [7, 11) is -3.47. The van der Waals surface area contributed by atoms with Crippen LogP contribution >= 0.6 is 0 Å². The number of nitrogens with one attached hydrogen (secondary N) is 1.